The Morgan fingerprint density at radius 3 is 0.920 bits per heavy atom. The minimum Gasteiger partial charge on any atom is -0.349 e. The molecule has 0 radical (unpaired) electrons. The van der Waals surface area contributed by atoms with E-state index in [0.717, 1.165) is 77.0 Å². The fraction of sp³-hybridized carbons (Fsp3) is 0.857. The van der Waals surface area contributed by atoms with Crippen LogP contribution in [0.25, 0.3) is 0 Å². The molecule has 4 heterocycles. The van der Waals surface area contributed by atoms with Crippen molar-refractivity contribution in [2.45, 2.75) is 164 Å². The monoisotopic (exact) mass is 694 g/mol. The number of hydrogen-bond donors (Lipinski definition) is 0. The molecule has 0 N–H and O–H groups in total. The number of benzene rings is 1. The smallest absolute Gasteiger partial charge is 0.168 e. The zero-order valence-electron chi connectivity index (χ0n) is 31.0. The first-order valence-corrected chi connectivity index (χ1v) is 20.5. The fourth-order valence-electron chi connectivity index (χ4n) is 10.8. The first-order chi connectivity index (χ1) is 24.2. The van der Waals surface area contributed by atoms with E-state index in [4.69, 9.17) is 37.9 Å². The van der Waals surface area contributed by atoms with Crippen LogP contribution in [0.2, 0.25) is 0 Å². The van der Waals surface area contributed by atoms with Gasteiger partial charge in [-0.25, -0.2) is 0 Å². The topological polar surface area (TPSA) is 73.8 Å². The Labute approximate surface area is 299 Å². The van der Waals surface area contributed by atoms with E-state index >= 15 is 0 Å². The lowest BCUT2D eigenvalue weighted by atomic mass is 9.75. The Bertz CT molecular complexity index is 1210. The molecule has 1 aromatic rings. The minimum atomic E-state index is -0.444. The maximum absolute atomic E-state index is 6.60. The van der Waals surface area contributed by atoms with Gasteiger partial charge in [-0.05, 0) is 99.3 Å². The fourth-order valence-corrected chi connectivity index (χ4v) is 10.8. The van der Waals surface area contributed by atoms with Crippen molar-refractivity contribution in [2.24, 2.45) is 10.8 Å². The largest absolute Gasteiger partial charge is 0.349 e. The van der Waals surface area contributed by atoms with E-state index in [-0.39, 0.29) is 22.4 Å². The molecule has 4 saturated carbocycles. The van der Waals surface area contributed by atoms with Gasteiger partial charge in [0.25, 0.3) is 0 Å². The molecule has 0 amide bonds. The van der Waals surface area contributed by atoms with E-state index in [1.165, 1.54) is 60.8 Å². The summed E-state index contributed by atoms with van der Waals surface area (Å²) in [6.45, 7) is 10.1. The van der Waals surface area contributed by atoms with E-state index in [0.29, 0.717) is 64.7 Å². The molecule has 0 aromatic heterocycles. The van der Waals surface area contributed by atoms with E-state index < -0.39 is 11.6 Å². The lowest BCUT2D eigenvalue weighted by Crippen LogP contribution is -2.59. The maximum Gasteiger partial charge on any atom is 0.168 e. The SMILES string of the molecule is Cc1cc(C2CCC3(CC2)OCC2(COC4(CCCCC4)OC2)CO3)c(C)cc1C1CCC2(CC1)OCC1(COC3(CCCCC3)OC1)CO2. The van der Waals surface area contributed by atoms with E-state index in [2.05, 4.69) is 26.0 Å². The predicted molar refractivity (Wildman–Crippen MR) is 188 cm³/mol. The van der Waals surface area contributed by atoms with Gasteiger partial charge in [0.2, 0.25) is 0 Å². The van der Waals surface area contributed by atoms with Crippen LogP contribution in [-0.4, -0.2) is 76.0 Å². The molecule has 8 heteroatoms. The lowest BCUT2D eigenvalue weighted by Gasteiger charge is -2.53. The summed E-state index contributed by atoms with van der Waals surface area (Å²) in [6.07, 6.45) is 19.7. The van der Waals surface area contributed by atoms with Gasteiger partial charge in [-0.2, -0.15) is 0 Å². The maximum atomic E-state index is 6.60. The molecule has 50 heavy (non-hydrogen) atoms. The molecule has 8 aliphatic rings. The molecule has 278 valence electrons. The van der Waals surface area contributed by atoms with Crippen LogP contribution in [0.3, 0.4) is 0 Å². The van der Waals surface area contributed by atoms with Crippen molar-refractivity contribution in [3.8, 4) is 0 Å². The molecule has 0 bridgehead atoms. The molecule has 4 aliphatic heterocycles. The Hall–Kier alpha value is -1.10. The second kappa shape index (κ2) is 13.3. The number of hydrogen-bond acceptors (Lipinski definition) is 8. The van der Waals surface area contributed by atoms with E-state index in [1.807, 2.05) is 0 Å². The molecule has 8 nitrogen and oxygen atoms in total. The highest BCUT2D eigenvalue weighted by molar-refractivity contribution is 5.41. The molecule has 0 atom stereocenters. The summed E-state index contributed by atoms with van der Waals surface area (Å²) in [5.74, 6) is -0.475. The lowest BCUT2D eigenvalue weighted by molar-refractivity contribution is -0.376. The average Bonchev–Trinajstić information content (AvgIpc) is 3.16. The molecule has 4 saturated heterocycles. The highest BCUT2D eigenvalue weighted by Crippen LogP contribution is 2.50. The zero-order valence-corrected chi connectivity index (χ0v) is 31.0. The number of ether oxygens (including phenoxy) is 8. The molecule has 4 aliphatic carbocycles. The van der Waals surface area contributed by atoms with Crippen LogP contribution < -0.4 is 0 Å². The van der Waals surface area contributed by atoms with Gasteiger partial charge in [0.15, 0.2) is 23.1 Å². The van der Waals surface area contributed by atoms with Gasteiger partial charge in [-0.15, -0.1) is 0 Å². The standard InChI is InChI=1S/C42H62O8/c1-31-21-36(34-11-19-42(20-12-34)49-29-38(30-50-42)25-45-40(46-26-38)15-7-4-8-16-40)32(2)22-35(31)33-9-17-41(18-10-33)47-27-37(28-48-41)23-43-39(44-24-37)13-5-3-6-14-39/h21-22,33-34H,3-20,23-30H2,1-2H3. The molecule has 8 fully saturated rings. The molecular weight excluding hydrogens is 632 g/mol. The third-order valence-electron chi connectivity index (χ3n) is 14.4. The normalized spacial score (nSPS) is 31.9. The summed E-state index contributed by atoms with van der Waals surface area (Å²) in [5.41, 5.74) is 5.57. The van der Waals surface area contributed by atoms with Crippen LogP contribution in [0.4, 0.5) is 0 Å². The molecule has 6 spiro atoms. The minimum absolute atomic E-state index is 0.165. The van der Waals surface area contributed by atoms with Crippen LogP contribution in [-0.2, 0) is 37.9 Å². The first kappa shape index (κ1) is 34.7. The van der Waals surface area contributed by atoms with Gasteiger partial charge in [0.1, 0.15) is 0 Å². The molecular formula is C42H62O8. The highest BCUT2D eigenvalue weighted by atomic mass is 16.7. The van der Waals surface area contributed by atoms with Gasteiger partial charge in [-0.1, -0.05) is 25.0 Å². The van der Waals surface area contributed by atoms with Crippen molar-refractivity contribution in [2.75, 3.05) is 52.9 Å². The second-order valence-electron chi connectivity index (χ2n) is 18.2. The molecule has 9 rings (SSSR count). The Kier molecular flexibility index (Phi) is 9.24. The summed E-state index contributed by atoms with van der Waals surface area (Å²) in [4.78, 5) is 0. The quantitative estimate of drug-likeness (QED) is 0.305. The molecule has 1 aromatic carbocycles. The van der Waals surface area contributed by atoms with Crippen molar-refractivity contribution < 1.29 is 37.9 Å². The van der Waals surface area contributed by atoms with Crippen molar-refractivity contribution >= 4 is 0 Å². The highest BCUT2D eigenvalue weighted by Gasteiger charge is 2.53. The first-order valence-electron chi connectivity index (χ1n) is 20.5. The van der Waals surface area contributed by atoms with Gasteiger partial charge in [-0.3, -0.25) is 0 Å². The van der Waals surface area contributed by atoms with Crippen molar-refractivity contribution in [3.63, 3.8) is 0 Å². The zero-order chi connectivity index (χ0) is 33.9. The van der Waals surface area contributed by atoms with Gasteiger partial charge in [0.05, 0.1) is 63.7 Å². The summed E-state index contributed by atoms with van der Waals surface area (Å²) in [6, 6.07) is 5.01. The van der Waals surface area contributed by atoms with Crippen LogP contribution in [0.15, 0.2) is 12.1 Å². The summed E-state index contributed by atoms with van der Waals surface area (Å²) >= 11 is 0. The number of aryl methyl sites for hydroxylation is 2. The third-order valence-corrected chi connectivity index (χ3v) is 14.4. The predicted octanol–water partition coefficient (Wildman–Crippen LogP) is 8.49. The summed E-state index contributed by atoms with van der Waals surface area (Å²) in [5, 5.41) is 0. The van der Waals surface area contributed by atoms with Gasteiger partial charge >= 0.3 is 0 Å². The third kappa shape index (κ3) is 6.54. The van der Waals surface area contributed by atoms with Gasteiger partial charge in [0, 0.05) is 51.4 Å². The van der Waals surface area contributed by atoms with Gasteiger partial charge < -0.3 is 37.9 Å². The Morgan fingerprint density at radius 2 is 0.640 bits per heavy atom. The van der Waals surface area contributed by atoms with Crippen molar-refractivity contribution in [1.29, 1.82) is 0 Å². The summed E-state index contributed by atoms with van der Waals surface area (Å²) < 4.78 is 52.0. The van der Waals surface area contributed by atoms with Crippen molar-refractivity contribution in [1.82, 2.24) is 0 Å². The summed E-state index contributed by atoms with van der Waals surface area (Å²) in [7, 11) is 0. The Morgan fingerprint density at radius 1 is 0.380 bits per heavy atom. The second-order valence-corrected chi connectivity index (χ2v) is 18.2. The average molecular weight is 695 g/mol. The van der Waals surface area contributed by atoms with Crippen LogP contribution in [0.5, 0.6) is 0 Å². The number of rotatable bonds is 2. The van der Waals surface area contributed by atoms with Crippen LogP contribution in [0, 0.1) is 24.7 Å². The van der Waals surface area contributed by atoms with E-state index in [9.17, 15) is 0 Å². The Balaban J connectivity index is 0.757. The molecule has 0 unspecified atom stereocenters. The van der Waals surface area contributed by atoms with Crippen molar-refractivity contribution in [3.05, 3.63) is 34.4 Å². The van der Waals surface area contributed by atoms with E-state index in [1.54, 1.807) is 0 Å². The van der Waals surface area contributed by atoms with Crippen LogP contribution >= 0.6 is 0 Å². The van der Waals surface area contributed by atoms with Crippen LogP contribution in [0.1, 0.15) is 150 Å².